The van der Waals surface area contributed by atoms with E-state index in [1.165, 1.54) is 11.9 Å². The molecule has 0 radical (unpaired) electrons. The summed E-state index contributed by atoms with van der Waals surface area (Å²) < 4.78 is 0. The molecule has 1 rings (SSSR count). The zero-order valence-corrected chi connectivity index (χ0v) is 7.33. The van der Waals surface area contributed by atoms with Crippen LogP contribution in [0.15, 0.2) is 0 Å². The van der Waals surface area contributed by atoms with Crippen LogP contribution in [0, 0.1) is 0 Å². The smallest absolute Gasteiger partial charge is 0.328 e. The van der Waals surface area contributed by atoms with Crippen LogP contribution >= 0.6 is 0 Å². The van der Waals surface area contributed by atoms with Crippen molar-refractivity contribution in [1.29, 1.82) is 0 Å². The number of hydrogen-bond acceptors (Lipinski definition) is 2. The maximum absolute atomic E-state index is 11.3. The Bertz CT molecular complexity index is 205. The Morgan fingerprint density at radius 1 is 1.58 bits per heavy atom. The summed E-state index contributed by atoms with van der Waals surface area (Å²) in [7, 11) is 1.52. The molecular formula is C7H13N3O2. The lowest BCUT2D eigenvalue weighted by molar-refractivity contribution is 0.187. The van der Waals surface area contributed by atoms with Crippen LogP contribution in [0.4, 0.5) is 9.59 Å². The second kappa shape index (κ2) is 3.42. The molecule has 0 aromatic heterocycles. The maximum atomic E-state index is 11.3. The van der Waals surface area contributed by atoms with Crippen LogP contribution < -0.4 is 5.32 Å². The number of nitrogens with one attached hydrogen (secondary N) is 1. The largest absolute Gasteiger partial charge is 0.341 e. The van der Waals surface area contributed by atoms with Gasteiger partial charge < -0.3 is 10.2 Å². The molecule has 1 fully saturated rings. The van der Waals surface area contributed by atoms with E-state index < -0.39 is 0 Å². The summed E-state index contributed by atoms with van der Waals surface area (Å²) in [5.41, 5.74) is 0. The fraction of sp³-hybridized carbons (Fsp3) is 0.714. The Labute approximate surface area is 71.3 Å². The predicted molar refractivity (Wildman–Crippen MR) is 43.8 cm³/mol. The van der Waals surface area contributed by atoms with Crippen LogP contribution in [0.5, 0.6) is 0 Å². The van der Waals surface area contributed by atoms with Crippen LogP contribution in [0.3, 0.4) is 0 Å². The topological polar surface area (TPSA) is 52.6 Å². The van der Waals surface area contributed by atoms with Gasteiger partial charge in [0.15, 0.2) is 0 Å². The van der Waals surface area contributed by atoms with Gasteiger partial charge in [-0.05, 0) is 6.92 Å². The van der Waals surface area contributed by atoms with Gasteiger partial charge >= 0.3 is 12.1 Å². The number of imide groups is 1. The summed E-state index contributed by atoms with van der Waals surface area (Å²) in [5.74, 6) is 0. The molecule has 1 saturated heterocycles. The summed E-state index contributed by atoms with van der Waals surface area (Å²) in [6.45, 7) is 3.69. The molecule has 12 heavy (non-hydrogen) atoms. The SMILES string of the molecule is CCN1CCN(C(=O)NC)C1=O. The van der Waals surface area contributed by atoms with Crippen molar-refractivity contribution >= 4 is 12.1 Å². The average Bonchev–Trinajstić information content (AvgIpc) is 2.45. The van der Waals surface area contributed by atoms with Gasteiger partial charge in [-0.15, -0.1) is 0 Å². The van der Waals surface area contributed by atoms with E-state index in [1.54, 1.807) is 4.90 Å². The molecule has 0 atom stereocenters. The first-order valence-corrected chi connectivity index (χ1v) is 3.98. The lowest BCUT2D eigenvalue weighted by Crippen LogP contribution is -2.41. The Kier molecular flexibility index (Phi) is 2.52. The summed E-state index contributed by atoms with van der Waals surface area (Å²) in [4.78, 5) is 25.2. The summed E-state index contributed by atoms with van der Waals surface area (Å²) in [6, 6.07) is -0.521. The van der Waals surface area contributed by atoms with Crippen molar-refractivity contribution in [3.05, 3.63) is 0 Å². The van der Waals surface area contributed by atoms with Gasteiger partial charge in [0.05, 0.1) is 0 Å². The van der Waals surface area contributed by atoms with Gasteiger partial charge in [-0.2, -0.15) is 0 Å². The molecule has 1 aliphatic heterocycles. The second-order valence-corrected chi connectivity index (χ2v) is 2.57. The average molecular weight is 171 g/mol. The maximum Gasteiger partial charge on any atom is 0.328 e. The van der Waals surface area contributed by atoms with Crippen molar-refractivity contribution in [3.63, 3.8) is 0 Å². The van der Waals surface area contributed by atoms with E-state index in [0.717, 1.165) is 0 Å². The minimum Gasteiger partial charge on any atom is -0.341 e. The third-order valence-corrected chi connectivity index (χ3v) is 1.94. The highest BCUT2D eigenvalue weighted by Crippen LogP contribution is 2.07. The van der Waals surface area contributed by atoms with Crippen LogP contribution in [0.25, 0.3) is 0 Å². The number of carbonyl (C=O) groups is 2. The third-order valence-electron chi connectivity index (χ3n) is 1.94. The molecule has 0 bridgehead atoms. The van der Waals surface area contributed by atoms with Gasteiger partial charge in [-0.3, -0.25) is 0 Å². The van der Waals surface area contributed by atoms with E-state index in [0.29, 0.717) is 19.6 Å². The van der Waals surface area contributed by atoms with Crippen molar-refractivity contribution < 1.29 is 9.59 Å². The van der Waals surface area contributed by atoms with Crippen LogP contribution in [-0.4, -0.2) is 48.5 Å². The Balaban J connectivity index is 2.60. The lowest BCUT2D eigenvalue weighted by atomic mass is 10.6. The molecular weight excluding hydrogens is 158 g/mol. The first-order valence-electron chi connectivity index (χ1n) is 3.98. The molecule has 0 aliphatic carbocycles. The number of urea groups is 2. The molecule has 1 aliphatic rings. The number of hydrogen-bond donors (Lipinski definition) is 1. The fourth-order valence-corrected chi connectivity index (χ4v) is 1.20. The van der Waals surface area contributed by atoms with Crippen LogP contribution in [-0.2, 0) is 0 Å². The Morgan fingerprint density at radius 3 is 2.67 bits per heavy atom. The zero-order chi connectivity index (χ0) is 9.14. The molecule has 4 amide bonds. The number of rotatable bonds is 1. The summed E-state index contributed by atoms with van der Waals surface area (Å²) in [6.07, 6.45) is 0. The quantitative estimate of drug-likeness (QED) is 0.607. The Hall–Kier alpha value is -1.26. The standard InChI is InChI=1S/C7H13N3O2/c1-3-9-4-5-10(7(9)12)6(11)8-2/h3-5H2,1-2H3,(H,8,11). The van der Waals surface area contributed by atoms with E-state index in [9.17, 15) is 9.59 Å². The highest BCUT2D eigenvalue weighted by Gasteiger charge is 2.31. The van der Waals surface area contributed by atoms with E-state index in [1.807, 2.05) is 6.92 Å². The van der Waals surface area contributed by atoms with E-state index in [-0.39, 0.29) is 12.1 Å². The number of nitrogens with zero attached hydrogens (tertiary/aromatic N) is 2. The van der Waals surface area contributed by atoms with Gasteiger partial charge in [0.1, 0.15) is 0 Å². The van der Waals surface area contributed by atoms with Crippen LogP contribution in [0.2, 0.25) is 0 Å². The minimum absolute atomic E-state index is 0.197. The van der Waals surface area contributed by atoms with E-state index >= 15 is 0 Å². The lowest BCUT2D eigenvalue weighted by Gasteiger charge is -2.14. The van der Waals surface area contributed by atoms with Gasteiger partial charge in [0, 0.05) is 26.7 Å². The molecule has 0 unspecified atom stereocenters. The third kappa shape index (κ3) is 1.34. The predicted octanol–water partition coefficient (Wildman–Crippen LogP) is 0.0833. The molecule has 0 aromatic carbocycles. The molecule has 0 aromatic rings. The molecule has 0 saturated carbocycles. The van der Waals surface area contributed by atoms with Gasteiger partial charge in [0.25, 0.3) is 0 Å². The molecule has 1 N–H and O–H groups in total. The monoisotopic (exact) mass is 171 g/mol. The summed E-state index contributed by atoms with van der Waals surface area (Å²) in [5, 5.41) is 2.42. The molecule has 5 heteroatoms. The van der Waals surface area contributed by atoms with Gasteiger partial charge in [-0.1, -0.05) is 0 Å². The highest BCUT2D eigenvalue weighted by molar-refractivity contribution is 5.94. The zero-order valence-electron chi connectivity index (χ0n) is 7.33. The fourth-order valence-electron chi connectivity index (χ4n) is 1.20. The van der Waals surface area contributed by atoms with Gasteiger partial charge in [0.2, 0.25) is 0 Å². The molecule has 1 heterocycles. The minimum atomic E-state index is -0.323. The molecule has 0 spiro atoms. The van der Waals surface area contributed by atoms with Crippen molar-refractivity contribution in [1.82, 2.24) is 15.1 Å². The number of carbonyl (C=O) groups excluding carboxylic acids is 2. The van der Waals surface area contributed by atoms with Crippen molar-refractivity contribution in [3.8, 4) is 0 Å². The second-order valence-electron chi connectivity index (χ2n) is 2.57. The van der Waals surface area contributed by atoms with E-state index in [2.05, 4.69) is 5.32 Å². The molecule has 68 valence electrons. The summed E-state index contributed by atoms with van der Waals surface area (Å²) >= 11 is 0. The first kappa shape index (κ1) is 8.83. The van der Waals surface area contributed by atoms with Crippen molar-refractivity contribution in [2.24, 2.45) is 0 Å². The first-order chi connectivity index (χ1) is 5.70. The number of likely N-dealkylation sites (N-methyl/N-ethyl adjacent to an activating group) is 1. The van der Waals surface area contributed by atoms with Crippen molar-refractivity contribution in [2.45, 2.75) is 6.92 Å². The van der Waals surface area contributed by atoms with Gasteiger partial charge in [-0.25, -0.2) is 14.5 Å². The highest BCUT2D eigenvalue weighted by atomic mass is 16.2. The number of amides is 4. The normalized spacial score (nSPS) is 17.0. The van der Waals surface area contributed by atoms with E-state index in [4.69, 9.17) is 0 Å². The van der Waals surface area contributed by atoms with Crippen LogP contribution in [0.1, 0.15) is 6.92 Å². The van der Waals surface area contributed by atoms with Crippen molar-refractivity contribution in [2.75, 3.05) is 26.7 Å². The molecule has 5 nitrogen and oxygen atoms in total. The Morgan fingerprint density at radius 2 is 2.25 bits per heavy atom.